The van der Waals surface area contributed by atoms with E-state index in [9.17, 15) is 18.0 Å². The van der Waals surface area contributed by atoms with Crippen LogP contribution in [0.15, 0.2) is 52.3 Å². The molecular weight excluding hydrogens is 360 g/mol. The Kier molecular flexibility index (Phi) is 4.82. The second-order valence-corrected chi connectivity index (χ2v) is 8.39. The number of fused-ring (bicyclic) bond motifs is 1. The number of thioether (sulfide) groups is 1. The van der Waals surface area contributed by atoms with Crippen LogP contribution in [0.1, 0.15) is 11.1 Å². The molecule has 2 N–H and O–H groups in total. The summed E-state index contributed by atoms with van der Waals surface area (Å²) in [6.45, 7) is 1.93. The van der Waals surface area contributed by atoms with Gasteiger partial charge >= 0.3 is 0 Å². The van der Waals surface area contributed by atoms with E-state index in [1.54, 1.807) is 18.2 Å². The summed E-state index contributed by atoms with van der Waals surface area (Å²) in [6, 6.07) is 11.7. The van der Waals surface area contributed by atoms with E-state index in [4.69, 9.17) is 0 Å². The predicted molar refractivity (Wildman–Crippen MR) is 96.0 cm³/mol. The number of anilines is 1. The first-order valence-corrected chi connectivity index (χ1v) is 9.98. The largest absolute Gasteiger partial charge is 0.324 e. The topological polar surface area (TPSA) is 92.3 Å². The van der Waals surface area contributed by atoms with Crippen molar-refractivity contribution in [2.75, 3.05) is 11.1 Å². The Balaban J connectivity index is 1.75. The summed E-state index contributed by atoms with van der Waals surface area (Å²) in [6.07, 6.45) is -0.0307. The van der Waals surface area contributed by atoms with Gasteiger partial charge in [-0.05, 0) is 30.7 Å². The number of amides is 2. The summed E-state index contributed by atoms with van der Waals surface area (Å²) in [5.41, 5.74) is 2.23. The fourth-order valence-electron chi connectivity index (χ4n) is 2.37. The molecule has 0 aromatic heterocycles. The quantitative estimate of drug-likeness (QED) is 0.852. The molecule has 0 bridgehead atoms. The Morgan fingerprint density at radius 1 is 1.20 bits per heavy atom. The molecule has 6 nitrogen and oxygen atoms in total. The minimum Gasteiger partial charge on any atom is -0.324 e. The molecule has 0 aliphatic carbocycles. The Morgan fingerprint density at radius 2 is 1.92 bits per heavy atom. The van der Waals surface area contributed by atoms with Gasteiger partial charge in [-0.1, -0.05) is 29.8 Å². The fourth-order valence-corrected chi connectivity index (χ4v) is 4.16. The van der Waals surface area contributed by atoms with Crippen molar-refractivity contribution in [1.82, 2.24) is 4.72 Å². The van der Waals surface area contributed by atoms with Crippen LogP contribution >= 0.6 is 11.8 Å². The number of hydrogen-bond donors (Lipinski definition) is 2. The Bertz CT molecular complexity index is 938. The van der Waals surface area contributed by atoms with Crippen molar-refractivity contribution >= 4 is 39.3 Å². The monoisotopic (exact) mass is 376 g/mol. The summed E-state index contributed by atoms with van der Waals surface area (Å²) >= 11 is 1.34. The average molecular weight is 376 g/mol. The molecule has 0 spiro atoms. The van der Waals surface area contributed by atoms with Crippen LogP contribution in [0.4, 0.5) is 5.69 Å². The van der Waals surface area contributed by atoms with Crippen molar-refractivity contribution in [3.05, 3.63) is 53.6 Å². The zero-order chi connectivity index (χ0) is 18.0. The Hall–Kier alpha value is -2.32. The van der Waals surface area contributed by atoms with E-state index in [1.165, 1.54) is 23.9 Å². The maximum absolute atomic E-state index is 12.4. The van der Waals surface area contributed by atoms with Crippen LogP contribution in [0.2, 0.25) is 0 Å². The lowest BCUT2D eigenvalue weighted by Crippen LogP contribution is -2.32. The van der Waals surface area contributed by atoms with Crippen LogP contribution in [-0.4, -0.2) is 26.0 Å². The molecule has 8 heteroatoms. The molecule has 3 rings (SSSR count). The van der Waals surface area contributed by atoms with E-state index in [0.717, 1.165) is 16.0 Å². The predicted octanol–water partition coefficient (Wildman–Crippen LogP) is 2.09. The van der Waals surface area contributed by atoms with E-state index in [0.29, 0.717) is 11.4 Å². The van der Waals surface area contributed by atoms with E-state index in [-0.39, 0.29) is 17.2 Å². The molecule has 1 heterocycles. The zero-order valence-corrected chi connectivity index (χ0v) is 15.0. The van der Waals surface area contributed by atoms with Crippen LogP contribution in [0.5, 0.6) is 0 Å². The van der Waals surface area contributed by atoms with Gasteiger partial charge in [-0.25, -0.2) is 13.1 Å². The van der Waals surface area contributed by atoms with E-state index >= 15 is 0 Å². The Morgan fingerprint density at radius 3 is 2.64 bits per heavy atom. The summed E-state index contributed by atoms with van der Waals surface area (Å²) in [7, 11) is -4.00. The van der Waals surface area contributed by atoms with Gasteiger partial charge in [0.15, 0.2) is 0 Å². The molecule has 0 fully saturated rings. The van der Waals surface area contributed by atoms with Crippen LogP contribution in [0.25, 0.3) is 0 Å². The minimum atomic E-state index is -4.00. The highest BCUT2D eigenvalue weighted by atomic mass is 32.2. The standard InChI is InChI=1S/C17H16N2O4S2/c1-11-2-4-12(5-3-11)8-16(20)19-25(22,23)13-6-7-15-14(9-13)18-17(21)10-24-15/h2-7,9H,8,10H2,1H3,(H,18,21)(H,19,20). The molecule has 0 unspecified atom stereocenters. The normalized spacial score (nSPS) is 13.7. The van der Waals surface area contributed by atoms with Gasteiger partial charge in [0.1, 0.15) is 0 Å². The van der Waals surface area contributed by atoms with Crippen molar-refractivity contribution < 1.29 is 18.0 Å². The number of sulfonamides is 1. The molecule has 25 heavy (non-hydrogen) atoms. The van der Waals surface area contributed by atoms with Gasteiger partial charge in [0.25, 0.3) is 10.0 Å². The summed E-state index contributed by atoms with van der Waals surface area (Å²) in [5.74, 6) is -0.498. The molecule has 1 aliphatic heterocycles. The number of nitrogens with one attached hydrogen (secondary N) is 2. The lowest BCUT2D eigenvalue weighted by molar-refractivity contribution is -0.118. The van der Waals surface area contributed by atoms with E-state index in [2.05, 4.69) is 10.0 Å². The van der Waals surface area contributed by atoms with Gasteiger partial charge in [-0.3, -0.25) is 9.59 Å². The SMILES string of the molecule is Cc1ccc(CC(=O)NS(=O)(=O)c2ccc3c(c2)NC(=O)CS3)cc1. The summed E-state index contributed by atoms with van der Waals surface area (Å²) in [4.78, 5) is 24.2. The lowest BCUT2D eigenvalue weighted by Gasteiger charge is -2.17. The van der Waals surface area contributed by atoms with Crippen LogP contribution in [0, 0.1) is 6.92 Å². The molecule has 0 radical (unpaired) electrons. The number of rotatable bonds is 4. The van der Waals surface area contributed by atoms with Gasteiger partial charge in [0, 0.05) is 4.90 Å². The number of benzene rings is 2. The van der Waals surface area contributed by atoms with Crippen molar-refractivity contribution in [2.24, 2.45) is 0 Å². The van der Waals surface area contributed by atoms with Gasteiger partial charge < -0.3 is 5.32 Å². The molecular formula is C17H16N2O4S2. The molecule has 0 saturated heterocycles. The lowest BCUT2D eigenvalue weighted by atomic mass is 10.1. The van der Waals surface area contributed by atoms with E-state index in [1.807, 2.05) is 19.1 Å². The van der Waals surface area contributed by atoms with Gasteiger partial charge in [0.05, 0.1) is 22.8 Å². The Labute approximate surface area is 150 Å². The number of carbonyl (C=O) groups is 2. The molecule has 2 aromatic carbocycles. The van der Waals surface area contributed by atoms with Gasteiger partial charge in [-0.15, -0.1) is 11.8 Å². The highest BCUT2D eigenvalue weighted by molar-refractivity contribution is 8.00. The molecule has 0 saturated carbocycles. The molecule has 1 aliphatic rings. The van der Waals surface area contributed by atoms with Gasteiger partial charge in [-0.2, -0.15) is 0 Å². The van der Waals surface area contributed by atoms with Crippen molar-refractivity contribution in [1.29, 1.82) is 0 Å². The molecule has 0 atom stereocenters. The first-order valence-electron chi connectivity index (χ1n) is 7.51. The third-order valence-electron chi connectivity index (χ3n) is 3.63. The van der Waals surface area contributed by atoms with Crippen molar-refractivity contribution in [3.8, 4) is 0 Å². The second kappa shape index (κ2) is 6.89. The highest BCUT2D eigenvalue weighted by Gasteiger charge is 2.22. The third-order valence-corrected chi connectivity index (χ3v) is 6.07. The number of carbonyl (C=O) groups excluding carboxylic acids is 2. The smallest absolute Gasteiger partial charge is 0.264 e. The van der Waals surface area contributed by atoms with Crippen LogP contribution in [0.3, 0.4) is 0 Å². The van der Waals surface area contributed by atoms with E-state index < -0.39 is 15.9 Å². The zero-order valence-electron chi connectivity index (χ0n) is 13.4. The summed E-state index contributed by atoms with van der Waals surface area (Å²) in [5, 5.41) is 2.63. The van der Waals surface area contributed by atoms with Crippen molar-refractivity contribution in [3.63, 3.8) is 0 Å². The fraction of sp³-hybridized carbons (Fsp3) is 0.176. The molecule has 2 aromatic rings. The molecule has 130 valence electrons. The number of hydrogen-bond acceptors (Lipinski definition) is 5. The summed E-state index contributed by atoms with van der Waals surface area (Å²) < 4.78 is 26.9. The van der Waals surface area contributed by atoms with Crippen molar-refractivity contribution in [2.45, 2.75) is 23.1 Å². The second-order valence-electron chi connectivity index (χ2n) is 5.69. The average Bonchev–Trinajstić information content (AvgIpc) is 2.55. The minimum absolute atomic E-state index is 0.0307. The van der Waals surface area contributed by atoms with Crippen LogP contribution in [-0.2, 0) is 26.0 Å². The maximum atomic E-state index is 12.4. The van der Waals surface area contributed by atoms with Crippen LogP contribution < -0.4 is 10.0 Å². The molecule has 2 amide bonds. The first kappa shape index (κ1) is 17.5. The third kappa shape index (κ3) is 4.21. The maximum Gasteiger partial charge on any atom is 0.264 e. The van der Waals surface area contributed by atoms with Gasteiger partial charge in [0.2, 0.25) is 11.8 Å². The number of aryl methyl sites for hydroxylation is 1. The first-order chi connectivity index (χ1) is 11.8. The highest BCUT2D eigenvalue weighted by Crippen LogP contribution is 2.33.